The first kappa shape index (κ1) is 16.4. The van der Waals surface area contributed by atoms with Gasteiger partial charge in [-0.3, -0.25) is 4.79 Å². The van der Waals surface area contributed by atoms with Crippen LogP contribution in [0.25, 0.3) is 0 Å². The van der Waals surface area contributed by atoms with E-state index >= 15 is 0 Å². The zero-order valence-corrected chi connectivity index (χ0v) is 14.4. The second-order valence-corrected chi connectivity index (χ2v) is 6.07. The van der Waals surface area contributed by atoms with Gasteiger partial charge >= 0.3 is 0 Å². The maximum absolute atomic E-state index is 12.6. The Morgan fingerprint density at radius 2 is 1.75 bits per heavy atom. The monoisotopic (exact) mass is 324 g/mol. The minimum absolute atomic E-state index is 0.203. The molecule has 1 fully saturated rings. The molecular weight excluding hydrogens is 300 g/mol. The van der Waals surface area contributed by atoms with Gasteiger partial charge in [0, 0.05) is 18.8 Å². The van der Waals surface area contributed by atoms with Crippen LogP contribution in [0.1, 0.15) is 48.3 Å². The number of anilines is 2. The average molecular weight is 324 g/mol. The SMILES string of the molecule is CCc1cccc(CC)c1NC(=O)c1cnc(N2CCCC2)cn1. The van der Waals surface area contributed by atoms with Crippen LogP contribution < -0.4 is 10.2 Å². The number of hydrogen-bond acceptors (Lipinski definition) is 4. The largest absolute Gasteiger partial charge is 0.355 e. The highest BCUT2D eigenvalue weighted by atomic mass is 16.1. The van der Waals surface area contributed by atoms with Crippen LogP contribution in [0, 0.1) is 0 Å². The third-order valence-electron chi connectivity index (χ3n) is 4.54. The van der Waals surface area contributed by atoms with E-state index in [1.807, 2.05) is 6.07 Å². The van der Waals surface area contributed by atoms with Gasteiger partial charge < -0.3 is 10.2 Å². The lowest BCUT2D eigenvalue weighted by Gasteiger charge is -2.16. The quantitative estimate of drug-likeness (QED) is 0.915. The van der Waals surface area contributed by atoms with Crippen LogP contribution in [0.4, 0.5) is 11.5 Å². The Morgan fingerprint density at radius 1 is 1.08 bits per heavy atom. The van der Waals surface area contributed by atoms with Crippen LogP contribution in [0.3, 0.4) is 0 Å². The molecule has 24 heavy (non-hydrogen) atoms. The normalized spacial score (nSPS) is 14.0. The molecule has 5 heteroatoms. The Kier molecular flexibility index (Phi) is 5.08. The molecule has 0 radical (unpaired) electrons. The molecule has 1 aromatic carbocycles. The van der Waals surface area contributed by atoms with Gasteiger partial charge in [0.2, 0.25) is 0 Å². The van der Waals surface area contributed by atoms with Gasteiger partial charge in [-0.2, -0.15) is 0 Å². The van der Waals surface area contributed by atoms with Crippen LogP contribution in [-0.2, 0) is 12.8 Å². The number of carbonyl (C=O) groups is 1. The van der Waals surface area contributed by atoms with Gasteiger partial charge in [-0.05, 0) is 36.8 Å². The first-order valence-electron chi connectivity index (χ1n) is 8.72. The standard InChI is InChI=1S/C19H24N4O/c1-3-14-8-7-9-15(4-2)18(14)22-19(24)16-12-21-17(13-20-16)23-10-5-6-11-23/h7-9,12-13H,3-6,10-11H2,1-2H3,(H,22,24). The van der Waals surface area contributed by atoms with Gasteiger partial charge in [0.25, 0.3) is 5.91 Å². The highest BCUT2D eigenvalue weighted by Gasteiger charge is 2.16. The molecule has 2 aromatic rings. The summed E-state index contributed by atoms with van der Waals surface area (Å²) in [7, 11) is 0. The summed E-state index contributed by atoms with van der Waals surface area (Å²) in [5.74, 6) is 0.651. The van der Waals surface area contributed by atoms with Gasteiger partial charge in [0.05, 0.1) is 12.4 Å². The van der Waals surface area contributed by atoms with Crippen molar-refractivity contribution in [2.24, 2.45) is 0 Å². The van der Waals surface area contributed by atoms with Crippen molar-refractivity contribution in [2.45, 2.75) is 39.5 Å². The van der Waals surface area contributed by atoms with Crippen molar-refractivity contribution in [3.8, 4) is 0 Å². The number of amides is 1. The van der Waals surface area contributed by atoms with E-state index in [2.05, 4.69) is 46.2 Å². The van der Waals surface area contributed by atoms with Crippen LogP contribution >= 0.6 is 0 Å². The molecule has 0 aliphatic carbocycles. The molecule has 0 bridgehead atoms. The van der Waals surface area contributed by atoms with Crippen LogP contribution in [0.5, 0.6) is 0 Å². The summed E-state index contributed by atoms with van der Waals surface area (Å²) in [4.78, 5) is 23.5. The number of rotatable bonds is 5. The molecule has 1 aromatic heterocycles. The highest BCUT2D eigenvalue weighted by molar-refractivity contribution is 6.03. The van der Waals surface area contributed by atoms with Crippen molar-refractivity contribution < 1.29 is 4.79 Å². The molecule has 3 rings (SSSR count). The van der Waals surface area contributed by atoms with E-state index in [1.54, 1.807) is 12.4 Å². The predicted molar refractivity (Wildman–Crippen MR) is 96.6 cm³/mol. The highest BCUT2D eigenvalue weighted by Crippen LogP contribution is 2.23. The first-order valence-corrected chi connectivity index (χ1v) is 8.72. The van der Waals surface area contributed by atoms with Crippen molar-refractivity contribution in [3.05, 3.63) is 47.4 Å². The van der Waals surface area contributed by atoms with E-state index in [9.17, 15) is 4.79 Å². The van der Waals surface area contributed by atoms with Gasteiger partial charge in [-0.25, -0.2) is 9.97 Å². The lowest BCUT2D eigenvalue weighted by Crippen LogP contribution is -2.21. The van der Waals surface area contributed by atoms with Gasteiger partial charge in [-0.15, -0.1) is 0 Å². The maximum Gasteiger partial charge on any atom is 0.275 e. The Morgan fingerprint density at radius 3 is 2.29 bits per heavy atom. The molecule has 5 nitrogen and oxygen atoms in total. The summed E-state index contributed by atoms with van der Waals surface area (Å²) in [5, 5.41) is 3.03. The number of nitrogens with zero attached hydrogens (tertiary/aromatic N) is 3. The van der Waals surface area contributed by atoms with Crippen LogP contribution in [-0.4, -0.2) is 29.0 Å². The minimum atomic E-state index is -0.203. The molecule has 0 unspecified atom stereocenters. The maximum atomic E-state index is 12.6. The Hall–Kier alpha value is -2.43. The summed E-state index contributed by atoms with van der Waals surface area (Å²) in [6.07, 6.45) is 7.41. The van der Waals surface area contributed by atoms with Crippen LogP contribution in [0.2, 0.25) is 0 Å². The fraction of sp³-hybridized carbons (Fsp3) is 0.421. The average Bonchev–Trinajstić information content (AvgIpc) is 3.16. The fourth-order valence-electron chi connectivity index (χ4n) is 3.13. The molecule has 1 saturated heterocycles. The molecular formula is C19H24N4O. The second-order valence-electron chi connectivity index (χ2n) is 6.07. The summed E-state index contributed by atoms with van der Waals surface area (Å²) in [6, 6.07) is 6.14. The molecule has 1 amide bonds. The molecule has 2 heterocycles. The predicted octanol–water partition coefficient (Wildman–Crippen LogP) is 3.45. The Balaban J connectivity index is 1.78. The topological polar surface area (TPSA) is 58.1 Å². The fourth-order valence-corrected chi connectivity index (χ4v) is 3.13. The molecule has 1 N–H and O–H groups in total. The van der Waals surface area contributed by atoms with Gasteiger partial charge in [0.15, 0.2) is 0 Å². The number of benzene rings is 1. The van der Waals surface area contributed by atoms with E-state index < -0.39 is 0 Å². The van der Waals surface area contributed by atoms with Gasteiger partial charge in [-0.1, -0.05) is 32.0 Å². The van der Waals surface area contributed by atoms with E-state index in [-0.39, 0.29) is 5.91 Å². The van der Waals surface area contributed by atoms with E-state index in [0.717, 1.165) is 48.6 Å². The number of aryl methyl sites for hydroxylation is 2. The van der Waals surface area contributed by atoms with Crippen molar-refractivity contribution in [1.29, 1.82) is 0 Å². The summed E-state index contributed by atoms with van der Waals surface area (Å²) in [5.41, 5.74) is 3.55. The number of carbonyl (C=O) groups excluding carboxylic acids is 1. The molecule has 126 valence electrons. The first-order chi connectivity index (χ1) is 11.7. The lowest BCUT2D eigenvalue weighted by atomic mass is 10.0. The zero-order chi connectivity index (χ0) is 16.9. The summed E-state index contributed by atoms with van der Waals surface area (Å²) < 4.78 is 0. The van der Waals surface area contributed by atoms with Gasteiger partial charge in [0.1, 0.15) is 11.5 Å². The van der Waals surface area contributed by atoms with Crippen molar-refractivity contribution in [2.75, 3.05) is 23.3 Å². The Bertz CT molecular complexity index is 684. The smallest absolute Gasteiger partial charge is 0.275 e. The third-order valence-corrected chi connectivity index (χ3v) is 4.54. The van der Waals surface area contributed by atoms with E-state index in [1.165, 1.54) is 12.8 Å². The van der Waals surface area contributed by atoms with Crippen molar-refractivity contribution >= 4 is 17.4 Å². The molecule has 1 aliphatic rings. The number of hydrogen-bond donors (Lipinski definition) is 1. The number of aromatic nitrogens is 2. The Labute approximate surface area is 143 Å². The minimum Gasteiger partial charge on any atom is -0.355 e. The van der Waals surface area contributed by atoms with E-state index in [4.69, 9.17) is 0 Å². The zero-order valence-electron chi connectivity index (χ0n) is 14.4. The summed E-state index contributed by atoms with van der Waals surface area (Å²) >= 11 is 0. The second kappa shape index (κ2) is 7.43. The lowest BCUT2D eigenvalue weighted by molar-refractivity contribution is 0.102. The van der Waals surface area contributed by atoms with Crippen molar-refractivity contribution in [1.82, 2.24) is 9.97 Å². The number of nitrogens with one attached hydrogen (secondary N) is 1. The molecule has 0 spiro atoms. The molecule has 0 atom stereocenters. The van der Waals surface area contributed by atoms with Crippen LogP contribution in [0.15, 0.2) is 30.6 Å². The third kappa shape index (κ3) is 3.40. The number of para-hydroxylation sites is 1. The summed E-state index contributed by atoms with van der Waals surface area (Å²) in [6.45, 7) is 6.22. The molecule has 1 aliphatic heterocycles. The van der Waals surface area contributed by atoms with E-state index in [0.29, 0.717) is 5.69 Å². The molecule has 0 saturated carbocycles. The van der Waals surface area contributed by atoms with Crippen molar-refractivity contribution in [3.63, 3.8) is 0 Å².